The minimum absolute atomic E-state index is 0.0651. The van der Waals surface area contributed by atoms with Crippen molar-refractivity contribution in [3.63, 3.8) is 0 Å². The highest BCUT2D eigenvalue weighted by molar-refractivity contribution is 7.92. The molecule has 36 heavy (non-hydrogen) atoms. The van der Waals surface area contributed by atoms with Gasteiger partial charge in [0.15, 0.2) is 5.75 Å². The number of fused-ring (bicyclic) bond motifs is 1. The van der Waals surface area contributed by atoms with E-state index in [0.29, 0.717) is 21.8 Å². The average molecular weight is 547 g/mol. The molecule has 9 nitrogen and oxygen atoms in total. The molecule has 0 spiro atoms. The van der Waals surface area contributed by atoms with E-state index in [2.05, 4.69) is 0 Å². The molecule has 15 heteroatoms. The Hall–Kier alpha value is -3.91. The summed E-state index contributed by atoms with van der Waals surface area (Å²) in [6.45, 7) is 0. The number of aromatic nitrogens is 1. The molecule has 0 bridgehead atoms. The number of methoxy groups -OCH3 is 1. The summed E-state index contributed by atoms with van der Waals surface area (Å²) in [5.74, 6) is -3.62. The molecule has 0 saturated heterocycles. The SMILES string of the molecule is COc1cc(N2C(=O)c3c(Cl)ccc(NS(=O)(=O)c4ccc(F)c(C(F)(F)F)c4)c3C2=O)c[n+](O)c1. The number of ether oxygens (including phenoxy) is 1. The van der Waals surface area contributed by atoms with E-state index in [1.807, 2.05) is 4.72 Å². The van der Waals surface area contributed by atoms with Crippen LogP contribution < -0.4 is 19.1 Å². The third-order valence-electron chi connectivity index (χ3n) is 5.09. The first-order chi connectivity index (χ1) is 16.7. The molecule has 3 aromatic rings. The number of benzene rings is 2. The highest BCUT2D eigenvalue weighted by Crippen LogP contribution is 2.39. The van der Waals surface area contributed by atoms with Crippen LogP contribution in [0.2, 0.25) is 5.02 Å². The van der Waals surface area contributed by atoms with Gasteiger partial charge in [-0.05, 0) is 30.3 Å². The van der Waals surface area contributed by atoms with Crippen LogP contribution in [0.4, 0.5) is 28.9 Å². The zero-order chi connectivity index (χ0) is 26.6. The maximum absolute atomic E-state index is 13.6. The van der Waals surface area contributed by atoms with Gasteiger partial charge in [-0.2, -0.15) is 13.2 Å². The molecule has 2 heterocycles. The molecule has 0 saturated carbocycles. The van der Waals surface area contributed by atoms with E-state index < -0.39 is 55.5 Å². The van der Waals surface area contributed by atoms with Crippen LogP contribution in [0, 0.1) is 5.82 Å². The number of halogens is 5. The fraction of sp³-hybridized carbons (Fsp3) is 0.0952. The fourth-order valence-corrected chi connectivity index (χ4v) is 4.83. The highest BCUT2D eigenvalue weighted by atomic mass is 35.5. The van der Waals surface area contributed by atoms with Crippen LogP contribution in [-0.2, 0) is 16.2 Å². The zero-order valence-electron chi connectivity index (χ0n) is 17.8. The highest BCUT2D eigenvalue weighted by Gasteiger charge is 2.42. The summed E-state index contributed by atoms with van der Waals surface area (Å²) in [4.78, 5) is 25.9. The van der Waals surface area contributed by atoms with E-state index in [9.17, 15) is 40.8 Å². The molecule has 188 valence electrons. The second-order valence-corrected chi connectivity index (χ2v) is 9.44. The van der Waals surface area contributed by atoms with Crippen LogP contribution in [0.5, 0.6) is 5.75 Å². The van der Waals surface area contributed by atoms with Crippen molar-refractivity contribution in [3.8, 4) is 5.75 Å². The molecule has 0 unspecified atom stereocenters. The van der Waals surface area contributed by atoms with Gasteiger partial charge in [0.05, 0.1) is 39.4 Å². The predicted octanol–water partition coefficient (Wildman–Crippen LogP) is 3.63. The molecule has 0 aliphatic carbocycles. The lowest BCUT2D eigenvalue weighted by Gasteiger charge is -2.14. The van der Waals surface area contributed by atoms with Gasteiger partial charge < -0.3 is 4.74 Å². The van der Waals surface area contributed by atoms with Crippen molar-refractivity contribution >= 4 is 44.8 Å². The topological polar surface area (TPSA) is 117 Å². The summed E-state index contributed by atoms with van der Waals surface area (Å²) in [6, 6.07) is 4.44. The number of sulfonamides is 1. The Morgan fingerprint density at radius 2 is 1.72 bits per heavy atom. The van der Waals surface area contributed by atoms with Crippen LogP contribution in [0.1, 0.15) is 26.3 Å². The van der Waals surface area contributed by atoms with Gasteiger partial charge in [-0.15, -0.1) is 0 Å². The molecule has 2 amide bonds. The van der Waals surface area contributed by atoms with Gasteiger partial charge in [-0.3, -0.25) is 19.5 Å². The quantitative estimate of drug-likeness (QED) is 0.218. The Morgan fingerprint density at radius 3 is 2.36 bits per heavy atom. The molecule has 0 radical (unpaired) electrons. The van der Waals surface area contributed by atoms with Crippen molar-refractivity contribution in [2.75, 3.05) is 16.7 Å². The summed E-state index contributed by atoms with van der Waals surface area (Å²) >= 11 is 6.10. The molecule has 2 aromatic carbocycles. The summed E-state index contributed by atoms with van der Waals surface area (Å²) in [6.07, 6.45) is -3.04. The lowest BCUT2D eigenvalue weighted by atomic mass is 10.1. The molecule has 1 aliphatic rings. The van der Waals surface area contributed by atoms with Crippen molar-refractivity contribution in [1.82, 2.24) is 0 Å². The van der Waals surface area contributed by atoms with Gasteiger partial charge in [-0.25, -0.2) is 17.7 Å². The van der Waals surface area contributed by atoms with Crippen molar-refractivity contribution in [1.29, 1.82) is 0 Å². The minimum Gasteiger partial charge on any atom is -0.491 e. The normalized spacial score (nSPS) is 13.7. The Morgan fingerprint density at radius 1 is 1.06 bits per heavy atom. The number of amides is 2. The van der Waals surface area contributed by atoms with Crippen molar-refractivity contribution < 1.29 is 50.2 Å². The predicted molar refractivity (Wildman–Crippen MR) is 115 cm³/mol. The molecule has 4 rings (SSSR count). The Bertz CT molecular complexity index is 1550. The molecular formula is C21H13ClF4N3O6S+. The largest absolute Gasteiger partial charge is 0.491 e. The molecule has 2 N–H and O–H groups in total. The first-order valence-electron chi connectivity index (χ1n) is 9.65. The summed E-state index contributed by atoms with van der Waals surface area (Å²) in [5, 5.41) is 9.61. The maximum Gasteiger partial charge on any atom is 0.419 e. The van der Waals surface area contributed by atoms with Gasteiger partial charge in [0.2, 0.25) is 6.20 Å². The second-order valence-electron chi connectivity index (χ2n) is 7.35. The Balaban J connectivity index is 1.79. The average Bonchev–Trinajstić information content (AvgIpc) is 3.05. The van der Waals surface area contributed by atoms with Crippen LogP contribution in [0.3, 0.4) is 0 Å². The molecule has 0 atom stereocenters. The van der Waals surface area contributed by atoms with E-state index in [4.69, 9.17) is 16.3 Å². The summed E-state index contributed by atoms with van der Waals surface area (Å²) in [5.41, 5.74) is -3.29. The summed E-state index contributed by atoms with van der Waals surface area (Å²) in [7, 11) is -3.52. The van der Waals surface area contributed by atoms with Gasteiger partial charge in [-0.1, -0.05) is 11.6 Å². The van der Waals surface area contributed by atoms with Crippen molar-refractivity contribution in [2.45, 2.75) is 11.1 Å². The van der Waals surface area contributed by atoms with Crippen molar-refractivity contribution in [2.24, 2.45) is 0 Å². The number of rotatable bonds is 5. The Kier molecular flexibility index (Phi) is 6.04. The van der Waals surface area contributed by atoms with Crippen molar-refractivity contribution in [3.05, 3.63) is 76.3 Å². The van der Waals surface area contributed by atoms with Crippen LogP contribution in [0.25, 0.3) is 0 Å². The van der Waals surface area contributed by atoms with Gasteiger partial charge in [0.1, 0.15) is 11.5 Å². The van der Waals surface area contributed by atoms with Crippen LogP contribution in [0.15, 0.2) is 53.7 Å². The van der Waals surface area contributed by atoms with Gasteiger partial charge >= 0.3 is 6.18 Å². The zero-order valence-corrected chi connectivity index (χ0v) is 19.4. The number of carbonyl (C=O) groups is 2. The first kappa shape index (κ1) is 25.2. The number of carbonyl (C=O) groups excluding carboxylic acids is 2. The standard InChI is InChI=1S/C21H12ClF4N3O6S/c1-35-11-6-10(8-28(32)9-11)29-19(30)17-14(22)3-5-16(18(17)20(29)31)27-36(33,34)12-2-4-15(23)13(7-12)21(24,25)26/h2-9H,1H3,(H-,27,31,32)/p+1. The van der Waals surface area contributed by atoms with Crippen LogP contribution >= 0.6 is 11.6 Å². The second kappa shape index (κ2) is 8.64. The number of anilines is 2. The monoisotopic (exact) mass is 546 g/mol. The molecule has 1 aliphatic heterocycles. The van der Waals surface area contributed by atoms with Gasteiger partial charge in [0, 0.05) is 10.8 Å². The number of alkyl halides is 3. The number of hydrogen-bond acceptors (Lipinski definition) is 6. The summed E-state index contributed by atoms with van der Waals surface area (Å²) < 4.78 is 86.0. The van der Waals surface area contributed by atoms with Crippen LogP contribution in [-0.4, -0.2) is 32.5 Å². The van der Waals surface area contributed by atoms with Gasteiger partial charge in [0.25, 0.3) is 28.0 Å². The van der Waals surface area contributed by atoms with E-state index in [0.717, 1.165) is 24.5 Å². The van der Waals surface area contributed by atoms with E-state index >= 15 is 0 Å². The minimum atomic E-state index is -5.17. The number of pyridine rings is 1. The molecule has 1 aromatic heterocycles. The first-order valence-corrected chi connectivity index (χ1v) is 11.5. The molecule has 0 fully saturated rings. The Labute approximate surface area is 205 Å². The number of nitrogens with zero attached hydrogens (tertiary/aromatic N) is 2. The van der Waals surface area contributed by atoms with E-state index in [1.54, 1.807) is 0 Å². The maximum atomic E-state index is 13.6. The smallest absolute Gasteiger partial charge is 0.419 e. The molecular weight excluding hydrogens is 534 g/mol. The third-order valence-corrected chi connectivity index (χ3v) is 6.77. The number of hydrogen-bond donors (Lipinski definition) is 2. The number of nitrogens with one attached hydrogen (secondary N) is 1. The van der Waals surface area contributed by atoms with E-state index in [-0.39, 0.29) is 28.1 Å². The lowest BCUT2D eigenvalue weighted by molar-refractivity contribution is -0.904. The number of imide groups is 1. The lowest BCUT2D eigenvalue weighted by Crippen LogP contribution is -2.35. The van der Waals surface area contributed by atoms with E-state index in [1.165, 1.54) is 13.2 Å². The third kappa shape index (κ3) is 4.28. The fourth-order valence-electron chi connectivity index (χ4n) is 3.49.